The third-order valence-corrected chi connectivity index (χ3v) is 8.65. The van der Waals surface area contributed by atoms with Gasteiger partial charge in [-0.25, -0.2) is 0 Å². The second kappa shape index (κ2) is 8.30. The maximum atomic E-state index is 13.1. The molecule has 4 nitrogen and oxygen atoms in total. The zero-order chi connectivity index (χ0) is 23.2. The molecule has 3 aliphatic rings. The molecule has 2 N–H and O–H groups in total. The number of rotatable bonds is 7. The van der Waals surface area contributed by atoms with E-state index < -0.39 is 5.41 Å². The highest BCUT2D eigenvalue weighted by Crippen LogP contribution is 2.64. The van der Waals surface area contributed by atoms with Crippen LogP contribution in [0.15, 0.2) is 48.5 Å². The summed E-state index contributed by atoms with van der Waals surface area (Å²) in [5, 5.41) is 6.35. The lowest BCUT2D eigenvalue weighted by molar-refractivity contribution is -0.126. The highest BCUT2D eigenvalue weighted by Gasteiger charge is 2.54. The second-order valence-corrected chi connectivity index (χ2v) is 11.2. The molecule has 2 atom stereocenters. The Labute approximate surface area is 197 Å². The van der Waals surface area contributed by atoms with Gasteiger partial charge in [-0.05, 0) is 98.9 Å². The molecule has 2 aromatic carbocycles. The van der Waals surface area contributed by atoms with Crippen LogP contribution in [0.2, 0.25) is 0 Å². The summed E-state index contributed by atoms with van der Waals surface area (Å²) in [5.41, 5.74) is 4.10. The van der Waals surface area contributed by atoms with Gasteiger partial charge in [0.15, 0.2) is 0 Å². The quantitative estimate of drug-likeness (QED) is 0.574. The van der Waals surface area contributed by atoms with Crippen LogP contribution in [-0.2, 0) is 21.4 Å². The number of benzene rings is 2. The van der Waals surface area contributed by atoms with Gasteiger partial charge in [-0.3, -0.25) is 9.59 Å². The zero-order valence-corrected chi connectivity index (χ0v) is 20.1. The van der Waals surface area contributed by atoms with Crippen molar-refractivity contribution in [2.24, 2.45) is 11.3 Å². The fraction of sp³-hybridized carbons (Fsp3) is 0.517. The second-order valence-electron chi connectivity index (χ2n) is 11.2. The van der Waals surface area contributed by atoms with Crippen molar-refractivity contribution in [3.05, 3.63) is 65.2 Å². The molecule has 5 rings (SSSR count). The summed E-state index contributed by atoms with van der Waals surface area (Å²) in [4.78, 5) is 26.1. The average Bonchev–Trinajstić information content (AvgIpc) is 3.44. The Morgan fingerprint density at radius 3 is 2.55 bits per heavy atom. The van der Waals surface area contributed by atoms with E-state index in [0.717, 1.165) is 17.7 Å². The van der Waals surface area contributed by atoms with Gasteiger partial charge in [0.05, 0.1) is 5.41 Å². The Balaban J connectivity index is 1.25. The molecule has 2 fully saturated rings. The van der Waals surface area contributed by atoms with Gasteiger partial charge in [0.2, 0.25) is 11.8 Å². The molecule has 4 heteroatoms. The van der Waals surface area contributed by atoms with Gasteiger partial charge in [-0.15, -0.1) is 0 Å². The number of hydrogen-bond donors (Lipinski definition) is 2. The van der Waals surface area contributed by atoms with Gasteiger partial charge in [-0.1, -0.05) is 42.8 Å². The molecule has 0 saturated heterocycles. The van der Waals surface area contributed by atoms with Crippen LogP contribution >= 0.6 is 0 Å². The monoisotopic (exact) mass is 444 g/mol. The Kier molecular flexibility index (Phi) is 5.58. The van der Waals surface area contributed by atoms with Crippen LogP contribution in [0, 0.1) is 11.3 Å². The Morgan fingerprint density at radius 2 is 1.85 bits per heavy atom. The largest absolute Gasteiger partial charge is 0.353 e. The fourth-order valence-corrected chi connectivity index (χ4v) is 5.84. The summed E-state index contributed by atoms with van der Waals surface area (Å²) in [6.45, 7) is 6.04. The lowest BCUT2D eigenvalue weighted by Gasteiger charge is -2.34. The van der Waals surface area contributed by atoms with Crippen LogP contribution < -0.4 is 10.6 Å². The number of nitrogens with one attached hydrogen (secondary N) is 2. The van der Waals surface area contributed by atoms with Crippen LogP contribution in [0.3, 0.4) is 0 Å². The van der Waals surface area contributed by atoms with E-state index in [1.807, 2.05) is 38.1 Å². The zero-order valence-electron chi connectivity index (χ0n) is 20.1. The highest BCUT2D eigenvalue weighted by atomic mass is 16.2. The van der Waals surface area contributed by atoms with Crippen LogP contribution in [0.25, 0.3) is 0 Å². The first kappa shape index (κ1) is 22.2. The summed E-state index contributed by atoms with van der Waals surface area (Å²) in [6.07, 6.45) is 7.74. The number of fused-ring (bicyclic) bond motifs is 1. The summed E-state index contributed by atoms with van der Waals surface area (Å²) in [7, 11) is 0. The molecule has 174 valence electrons. The topological polar surface area (TPSA) is 58.2 Å². The molecule has 33 heavy (non-hydrogen) atoms. The van der Waals surface area contributed by atoms with Gasteiger partial charge >= 0.3 is 0 Å². The number of amides is 2. The third kappa shape index (κ3) is 4.20. The van der Waals surface area contributed by atoms with Gasteiger partial charge in [0.1, 0.15) is 0 Å². The molecule has 2 amide bonds. The summed E-state index contributed by atoms with van der Waals surface area (Å²) in [5.74, 6) is 1.02. The van der Waals surface area contributed by atoms with Crippen LogP contribution in [0.5, 0.6) is 0 Å². The molecule has 2 aromatic rings. The van der Waals surface area contributed by atoms with E-state index in [2.05, 4.69) is 41.8 Å². The standard InChI is InChI=1S/C29H36N2O2/c1-19(20-9-6-10-20)30-27(33)28(2,3)22-11-7-12-23(16-22)31-26(32)17-25-24-13-5-4-8-21(24)18-29(25)14-15-29/h4-5,7-8,11-13,16,19-20,25H,6,9-10,14-15,17-18H2,1-3H3,(H,30,33)(H,31,32). The van der Waals surface area contributed by atoms with Crippen LogP contribution in [0.1, 0.15) is 81.9 Å². The van der Waals surface area contributed by atoms with Gasteiger partial charge in [0, 0.05) is 18.2 Å². The number of anilines is 1. The summed E-state index contributed by atoms with van der Waals surface area (Å²) >= 11 is 0. The lowest BCUT2D eigenvalue weighted by Crippen LogP contribution is -2.47. The fourth-order valence-electron chi connectivity index (χ4n) is 5.84. The summed E-state index contributed by atoms with van der Waals surface area (Å²) in [6, 6.07) is 16.6. The van der Waals surface area contributed by atoms with Crippen molar-refractivity contribution in [3.63, 3.8) is 0 Å². The van der Waals surface area contributed by atoms with Crippen molar-refractivity contribution < 1.29 is 9.59 Å². The molecule has 0 radical (unpaired) electrons. The predicted molar refractivity (Wildman–Crippen MR) is 132 cm³/mol. The van der Waals surface area contributed by atoms with Crippen molar-refractivity contribution in [2.45, 2.75) is 83.1 Å². The van der Waals surface area contributed by atoms with Crippen molar-refractivity contribution in [1.29, 1.82) is 0 Å². The molecule has 2 saturated carbocycles. The maximum Gasteiger partial charge on any atom is 0.230 e. The smallest absolute Gasteiger partial charge is 0.230 e. The average molecular weight is 445 g/mol. The first-order valence-electron chi connectivity index (χ1n) is 12.6. The summed E-state index contributed by atoms with van der Waals surface area (Å²) < 4.78 is 0. The lowest BCUT2D eigenvalue weighted by atomic mass is 9.79. The normalized spacial score (nSPS) is 21.7. The van der Waals surface area contributed by atoms with Crippen molar-refractivity contribution in [1.82, 2.24) is 5.32 Å². The van der Waals surface area contributed by atoms with E-state index in [0.29, 0.717) is 23.7 Å². The molecule has 2 unspecified atom stereocenters. The van der Waals surface area contributed by atoms with E-state index in [1.54, 1.807) is 0 Å². The van der Waals surface area contributed by atoms with E-state index >= 15 is 0 Å². The Hall–Kier alpha value is -2.62. The minimum atomic E-state index is -0.665. The van der Waals surface area contributed by atoms with Crippen molar-refractivity contribution >= 4 is 17.5 Å². The maximum absolute atomic E-state index is 13.1. The SMILES string of the molecule is CC(NC(=O)C(C)(C)c1cccc(NC(=O)CC2c3ccccc3CC23CC3)c1)C1CCC1. The van der Waals surface area contributed by atoms with E-state index in [4.69, 9.17) is 0 Å². The van der Waals surface area contributed by atoms with Gasteiger partial charge in [0.25, 0.3) is 0 Å². The van der Waals surface area contributed by atoms with E-state index in [1.165, 1.54) is 43.2 Å². The molecule has 0 heterocycles. The molecule has 0 aliphatic heterocycles. The number of hydrogen-bond acceptors (Lipinski definition) is 2. The van der Waals surface area contributed by atoms with E-state index in [-0.39, 0.29) is 17.9 Å². The molecular weight excluding hydrogens is 408 g/mol. The van der Waals surface area contributed by atoms with Gasteiger partial charge in [-0.2, -0.15) is 0 Å². The van der Waals surface area contributed by atoms with Crippen molar-refractivity contribution in [2.75, 3.05) is 5.32 Å². The number of carbonyl (C=O) groups excluding carboxylic acids is 2. The van der Waals surface area contributed by atoms with Gasteiger partial charge < -0.3 is 10.6 Å². The molecule has 0 aromatic heterocycles. The Bertz CT molecular complexity index is 1060. The van der Waals surface area contributed by atoms with Crippen LogP contribution in [-0.4, -0.2) is 17.9 Å². The minimum Gasteiger partial charge on any atom is -0.353 e. The minimum absolute atomic E-state index is 0.0450. The molecular formula is C29H36N2O2. The molecule has 0 bridgehead atoms. The third-order valence-electron chi connectivity index (χ3n) is 8.65. The predicted octanol–water partition coefficient (Wildman–Crippen LogP) is 5.72. The highest BCUT2D eigenvalue weighted by molar-refractivity contribution is 5.92. The van der Waals surface area contributed by atoms with E-state index in [9.17, 15) is 9.59 Å². The van der Waals surface area contributed by atoms with Crippen LogP contribution in [0.4, 0.5) is 5.69 Å². The number of carbonyl (C=O) groups is 2. The van der Waals surface area contributed by atoms with Crippen molar-refractivity contribution in [3.8, 4) is 0 Å². The Morgan fingerprint density at radius 1 is 1.09 bits per heavy atom. The first-order chi connectivity index (χ1) is 15.8. The first-order valence-corrected chi connectivity index (χ1v) is 12.6. The molecule has 3 aliphatic carbocycles. The molecule has 1 spiro atoms.